The molecule has 0 saturated carbocycles. The highest BCUT2D eigenvalue weighted by molar-refractivity contribution is 9.10. The Morgan fingerprint density at radius 2 is 1.83 bits per heavy atom. The van der Waals surface area contributed by atoms with E-state index in [1.165, 1.54) is 24.0 Å². The van der Waals surface area contributed by atoms with Crippen molar-refractivity contribution < 1.29 is 14.3 Å². The van der Waals surface area contributed by atoms with Crippen LogP contribution in [-0.4, -0.2) is 23.8 Å². The molecular weight excluding hydrogens is 540 g/mol. The summed E-state index contributed by atoms with van der Waals surface area (Å²) in [6.07, 6.45) is 1.81. The third-order valence-corrected chi connectivity index (χ3v) is 7.44. The Labute approximate surface area is 222 Å². The van der Waals surface area contributed by atoms with Crippen molar-refractivity contribution in [2.24, 2.45) is 4.99 Å². The van der Waals surface area contributed by atoms with Gasteiger partial charge in [-0.3, -0.25) is 9.36 Å². The van der Waals surface area contributed by atoms with Gasteiger partial charge in [-0.05, 0) is 62.1 Å². The number of hydrogen-bond donors (Lipinski definition) is 0. The van der Waals surface area contributed by atoms with Crippen molar-refractivity contribution in [3.8, 4) is 5.75 Å². The van der Waals surface area contributed by atoms with Crippen molar-refractivity contribution in [1.29, 1.82) is 0 Å². The molecule has 0 aliphatic carbocycles. The molecule has 1 unspecified atom stereocenters. The maximum absolute atomic E-state index is 13.8. The molecule has 0 bridgehead atoms. The van der Waals surface area contributed by atoms with Gasteiger partial charge in [0.1, 0.15) is 5.75 Å². The van der Waals surface area contributed by atoms with E-state index in [9.17, 15) is 9.59 Å². The number of aromatic nitrogens is 1. The van der Waals surface area contributed by atoms with Crippen LogP contribution >= 0.6 is 27.3 Å². The van der Waals surface area contributed by atoms with Crippen LogP contribution in [-0.2, 0) is 9.53 Å². The quantitative estimate of drug-likeness (QED) is 0.389. The first-order valence-electron chi connectivity index (χ1n) is 11.8. The predicted molar refractivity (Wildman–Crippen MR) is 146 cm³/mol. The highest BCUT2D eigenvalue weighted by Crippen LogP contribution is 2.31. The number of hydrogen-bond acceptors (Lipinski definition) is 6. The normalized spacial score (nSPS) is 15.8. The van der Waals surface area contributed by atoms with Crippen LogP contribution in [0.4, 0.5) is 0 Å². The molecule has 2 aromatic carbocycles. The summed E-state index contributed by atoms with van der Waals surface area (Å²) < 4.78 is 14.0. The number of nitrogens with zero attached hydrogens (tertiary/aromatic N) is 2. The van der Waals surface area contributed by atoms with Crippen molar-refractivity contribution >= 4 is 39.3 Å². The highest BCUT2D eigenvalue weighted by atomic mass is 79.9. The van der Waals surface area contributed by atoms with Crippen molar-refractivity contribution in [2.45, 2.75) is 52.7 Å². The minimum absolute atomic E-state index is 0.0152. The average Bonchev–Trinajstić information content (AvgIpc) is 3.13. The molecule has 0 amide bonds. The van der Waals surface area contributed by atoms with E-state index in [0.29, 0.717) is 32.3 Å². The van der Waals surface area contributed by atoms with Crippen LogP contribution in [0.25, 0.3) is 6.08 Å². The SMILES string of the molecule is COC(=O)C1=C(C)N=c2sc(=Cc3cc(Br)ccc3OC(C)C)c(=O)n2C1c1ccc(C(C)C)cc1. The molecule has 188 valence electrons. The molecule has 1 aliphatic heterocycles. The van der Waals surface area contributed by atoms with E-state index in [4.69, 9.17) is 9.47 Å². The molecule has 1 aromatic heterocycles. The van der Waals surface area contributed by atoms with Gasteiger partial charge in [0.2, 0.25) is 0 Å². The monoisotopic (exact) mass is 568 g/mol. The summed E-state index contributed by atoms with van der Waals surface area (Å²) in [6.45, 7) is 9.95. The largest absolute Gasteiger partial charge is 0.490 e. The predicted octanol–water partition coefficient (Wildman–Crippen LogP) is 5.08. The fraction of sp³-hybridized carbons (Fsp3) is 0.321. The number of methoxy groups -OCH3 is 1. The second-order valence-corrected chi connectivity index (χ2v) is 11.2. The summed E-state index contributed by atoms with van der Waals surface area (Å²) in [5.74, 6) is 0.556. The Morgan fingerprint density at radius 1 is 1.14 bits per heavy atom. The van der Waals surface area contributed by atoms with Crippen LogP contribution in [0.5, 0.6) is 5.75 Å². The molecule has 3 aromatic rings. The van der Waals surface area contributed by atoms with Gasteiger partial charge in [0, 0.05) is 10.0 Å². The average molecular weight is 570 g/mol. The molecule has 36 heavy (non-hydrogen) atoms. The Hall–Kier alpha value is -2.97. The van der Waals surface area contributed by atoms with Gasteiger partial charge < -0.3 is 9.47 Å². The molecular formula is C28H29BrN2O4S. The third kappa shape index (κ3) is 5.11. The first-order valence-corrected chi connectivity index (χ1v) is 13.4. The van der Waals surface area contributed by atoms with Crippen LogP contribution in [0.2, 0.25) is 0 Å². The molecule has 0 radical (unpaired) electrons. The maximum atomic E-state index is 13.8. The van der Waals surface area contributed by atoms with Crippen LogP contribution in [0.1, 0.15) is 63.3 Å². The minimum Gasteiger partial charge on any atom is -0.490 e. The van der Waals surface area contributed by atoms with Crippen molar-refractivity contribution in [3.05, 3.63) is 94.6 Å². The molecule has 0 spiro atoms. The van der Waals surface area contributed by atoms with E-state index in [1.807, 2.05) is 62.4 Å². The van der Waals surface area contributed by atoms with Gasteiger partial charge >= 0.3 is 5.97 Å². The molecule has 0 N–H and O–H groups in total. The Morgan fingerprint density at radius 3 is 2.44 bits per heavy atom. The number of rotatable bonds is 6. The van der Waals surface area contributed by atoms with Gasteiger partial charge in [0.15, 0.2) is 4.80 Å². The second kappa shape index (κ2) is 10.6. The van der Waals surface area contributed by atoms with Crippen LogP contribution < -0.4 is 19.6 Å². The molecule has 4 rings (SSSR count). The van der Waals surface area contributed by atoms with Gasteiger partial charge in [0.25, 0.3) is 5.56 Å². The van der Waals surface area contributed by atoms with Crippen LogP contribution in [0, 0.1) is 0 Å². The third-order valence-electron chi connectivity index (χ3n) is 5.97. The lowest BCUT2D eigenvalue weighted by Gasteiger charge is -2.24. The number of carbonyl (C=O) groups is 1. The standard InChI is InChI=1S/C28H29BrN2O4S/c1-15(2)18-7-9-19(10-8-18)25-24(27(33)34-6)17(5)30-28-31(25)26(32)23(36-28)14-20-13-21(29)11-12-22(20)35-16(3)4/h7-16,25H,1-6H3. The number of benzene rings is 2. The van der Waals surface area contributed by atoms with E-state index in [2.05, 4.69) is 34.8 Å². The number of esters is 1. The van der Waals surface area contributed by atoms with Crippen molar-refractivity contribution in [3.63, 3.8) is 0 Å². The molecule has 1 atom stereocenters. The van der Waals surface area contributed by atoms with Gasteiger partial charge in [-0.25, -0.2) is 9.79 Å². The van der Waals surface area contributed by atoms with Crippen molar-refractivity contribution in [1.82, 2.24) is 4.57 Å². The number of ether oxygens (including phenoxy) is 2. The lowest BCUT2D eigenvalue weighted by molar-refractivity contribution is -0.136. The van der Waals surface area contributed by atoms with E-state index in [1.54, 1.807) is 11.5 Å². The smallest absolute Gasteiger partial charge is 0.338 e. The summed E-state index contributed by atoms with van der Waals surface area (Å²) in [6, 6.07) is 13.1. The number of carbonyl (C=O) groups excluding carboxylic acids is 1. The fourth-order valence-corrected chi connectivity index (χ4v) is 5.62. The summed E-state index contributed by atoms with van der Waals surface area (Å²) in [7, 11) is 1.34. The van der Waals surface area contributed by atoms with Gasteiger partial charge in [-0.1, -0.05) is 65.4 Å². The fourth-order valence-electron chi connectivity index (χ4n) is 4.21. The Bertz CT molecular complexity index is 1510. The summed E-state index contributed by atoms with van der Waals surface area (Å²) >= 11 is 4.81. The molecule has 8 heteroatoms. The molecule has 0 fully saturated rings. The topological polar surface area (TPSA) is 69.9 Å². The van der Waals surface area contributed by atoms with E-state index in [0.717, 1.165) is 15.6 Å². The molecule has 6 nitrogen and oxygen atoms in total. The highest BCUT2D eigenvalue weighted by Gasteiger charge is 2.33. The first kappa shape index (κ1) is 26.1. The second-order valence-electron chi connectivity index (χ2n) is 9.24. The maximum Gasteiger partial charge on any atom is 0.338 e. The van der Waals surface area contributed by atoms with E-state index < -0.39 is 12.0 Å². The van der Waals surface area contributed by atoms with Crippen molar-refractivity contribution in [2.75, 3.05) is 7.11 Å². The van der Waals surface area contributed by atoms with Crippen LogP contribution in [0.3, 0.4) is 0 Å². The van der Waals surface area contributed by atoms with Gasteiger partial charge in [0.05, 0.1) is 35.1 Å². The number of fused-ring (bicyclic) bond motifs is 1. The summed E-state index contributed by atoms with van der Waals surface area (Å²) in [5.41, 5.74) is 3.47. The number of halogens is 1. The van der Waals surface area contributed by atoms with Crippen LogP contribution in [0.15, 0.2) is 68.0 Å². The van der Waals surface area contributed by atoms with Gasteiger partial charge in [-0.15, -0.1) is 0 Å². The van der Waals surface area contributed by atoms with E-state index >= 15 is 0 Å². The Balaban J connectivity index is 1.94. The minimum atomic E-state index is -0.633. The van der Waals surface area contributed by atoms with Gasteiger partial charge in [-0.2, -0.15) is 0 Å². The lowest BCUT2D eigenvalue weighted by Crippen LogP contribution is -2.39. The molecule has 1 aliphatic rings. The number of allylic oxidation sites excluding steroid dienone is 1. The Kier molecular flexibility index (Phi) is 7.66. The first-order chi connectivity index (χ1) is 17.1. The molecule has 0 saturated heterocycles. The number of thiazole rings is 1. The zero-order chi connectivity index (χ0) is 26.1. The zero-order valence-electron chi connectivity index (χ0n) is 21.2. The summed E-state index contributed by atoms with van der Waals surface area (Å²) in [4.78, 5) is 31.8. The molecule has 2 heterocycles. The van der Waals surface area contributed by atoms with E-state index in [-0.39, 0.29) is 11.7 Å². The summed E-state index contributed by atoms with van der Waals surface area (Å²) in [5, 5.41) is 0. The lowest BCUT2D eigenvalue weighted by atomic mass is 9.93. The zero-order valence-corrected chi connectivity index (χ0v) is 23.6.